The third-order valence-electron chi connectivity index (χ3n) is 3.23. The van der Waals surface area contributed by atoms with Crippen LogP contribution in [0.4, 0.5) is 4.39 Å². The van der Waals surface area contributed by atoms with E-state index in [0.29, 0.717) is 4.47 Å². The molecule has 1 fully saturated rings. The summed E-state index contributed by atoms with van der Waals surface area (Å²) in [6.45, 7) is 4.14. The molecule has 1 aliphatic rings. The highest BCUT2D eigenvalue weighted by atomic mass is 79.9. The lowest BCUT2D eigenvalue weighted by molar-refractivity contribution is 0.568. The topological polar surface area (TPSA) is 26.0 Å². The third kappa shape index (κ3) is 1.30. The minimum atomic E-state index is -0.168. The number of nitrogens with two attached hydrogens (primary N) is 1. The SMILES string of the molecule is CC1(C)C(N)C1c1cccc(Br)c1F. The molecule has 0 radical (unpaired) electrons. The van der Waals surface area contributed by atoms with E-state index in [1.807, 2.05) is 12.1 Å². The monoisotopic (exact) mass is 257 g/mol. The summed E-state index contributed by atoms with van der Waals surface area (Å²) in [6.07, 6.45) is 0. The Morgan fingerprint density at radius 1 is 1.43 bits per heavy atom. The zero-order valence-electron chi connectivity index (χ0n) is 8.22. The summed E-state index contributed by atoms with van der Waals surface area (Å²) < 4.78 is 14.2. The van der Waals surface area contributed by atoms with Crippen LogP contribution in [0.25, 0.3) is 0 Å². The summed E-state index contributed by atoms with van der Waals surface area (Å²) in [7, 11) is 0. The Morgan fingerprint density at radius 2 is 2.00 bits per heavy atom. The summed E-state index contributed by atoms with van der Waals surface area (Å²) in [4.78, 5) is 0. The van der Waals surface area contributed by atoms with Crippen LogP contribution in [0.2, 0.25) is 0 Å². The summed E-state index contributed by atoms with van der Waals surface area (Å²) in [5.41, 5.74) is 6.68. The molecule has 2 unspecified atom stereocenters. The maximum absolute atomic E-state index is 13.7. The Bertz CT molecular complexity index is 376. The number of halogens is 2. The molecule has 2 atom stereocenters. The summed E-state index contributed by atoms with van der Waals surface area (Å²) in [5, 5.41) is 0. The van der Waals surface area contributed by atoms with Gasteiger partial charge < -0.3 is 5.73 Å². The first-order valence-corrected chi connectivity index (χ1v) is 5.45. The fourth-order valence-electron chi connectivity index (χ4n) is 2.03. The zero-order valence-corrected chi connectivity index (χ0v) is 9.81. The molecule has 0 spiro atoms. The van der Waals surface area contributed by atoms with Crippen molar-refractivity contribution in [2.24, 2.45) is 11.1 Å². The Balaban J connectivity index is 2.40. The number of benzene rings is 1. The molecule has 0 bridgehead atoms. The predicted molar refractivity (Wildman–Crippen MR) is 58.6 cm³/mol. The van der Waals surface area contributed by atoms with E-state index in [4.69, 9.17) is 5.73 Å². The lowest BCUT2D eigenvalue weighted by Gasteiger charge is -2.05. The predicted octanol–water partition coefficient (Wildman–Crippen LogP) is 3.04. The van der Waals surface area contributed by atoms with E-state index in [2.05, 4.69) is 29.8 Å². The first-order valence-electron chi connectivity index (χ1n) is 4.65. The second-order valence-corrected chi connectivity index (χ2v) is 5.32. The second kappa shape index (κ2) is 3.04. The van der Waals surface area contributed by atoms with Crippen LogP contribution in [0.3, 0.4) is 0 Å². The van der Waals surface area contributed by atoms with Gasteiger partial charge in [0.1, 0.15) is 5.82 Å². The molecule has 0 aliphatic heterocycles. The molecule has 0 saturated heterocycles. The van der Waals surface area contributed by atoms with Gasteiger partial charge in [-0.3, -0.25) is 0 Å². The molecule has 1 nitrogen and oxygen atoms in total. The molecular weight excluding hydrogens is 245 g/mol. The van der Waals surface area contributed by atoms with E-state index in [9.17, 15) is 4.39 Å². The van der Waals surface area contributed by atoms with Gasteiger partial charge in [0.15, 0.2) is 0 Å². The van der Waals surface area contributed by atoms with Gasteiger partial charge in [-0.1, -0.05) is 26.0 Å². The molecule has 0 amide bonds. The molecule has 14 heavy (non-hydrogen) atoms. The van der Waals surface area contributed by atoms with Crippen molar-refractivity contribution in [2.45, 2.75) is 25.8 Å². The van der Waals surface area contributed by atoms with Crippen LogP contribution in [0.15, 0.2) is 22.7 Å². The van der Waals surface area contributed by atoms with E-state index in [1.165, 1.54) is 0 Å². The highest BCUT2D eigenvalue weighted by Crippen LogP contribution is 2.58. The van der Waals surface area contributed by atoms with Crippen LogP contribution in [0.5, 0.6) is 0 Å². The van der Waals surface area contributed by atoms with Crippen molar-refractivity contribution in [3.05, 3.63) is 34.1 Å². The third-order valence-corrected chi connectivity index (χ3v) is 3.84. The normalized spacial score (nSPS) is 28.9. The van der Waals surface area contributed by atoms with E-state index in [-0.39, 0.29) is 23.2 Å². The fourth-order valence-corrected chi connectivity index (χ4v) is 2.41. The molecule has 1 aliphatic carbocycles. The number of hydrogen-bond acceptors (Lipinski definition) is 1. The molecule has 2 rings (SSSR count). The summed E-state index contributed by atoms with van der Waals surface area (Å²) in [5.74, 6) is -0.0153. The van der Waals surface area contributed by atoms with Crippen molar-refractivity contribution in [1.29, 1.82) is 0 Å². The van der Waals surface area contributed by atoms with Crippen molar-refractivity contribution in [3.63, 3.8) is 0 Å². The van der Waals surface area contributed by atoms with Gasteiger partial charge in [0.05, 0.1) is 4.47 Å². The number of hydrogen-bond donors (Lipinski definition) is 1. The first-order chi connectivity index (χ1) is 6.46. The van der Waals surface area contributed by atoms with Gasteiger partial charge >= 0.3 is 0 Å². The minimum Gasteiger partial charge on any atom is -0.327 e. The van der Waals surface area contributed by atoms with Gasteiger partial charge in [-0.25, -0.2) is 4.39 Å². The highest BCUT2D eigenvalue weighted by molar-refractivity contribution is 9.10. The van der Waals surface area contributed by atoms with Crippen molar-refractivity contribution in [3.8, 4) is 0 Å². The lowest BCUT2D eigenvalue weighted by Crippen LogP contribution is -2.06. The van der Waals surface area contributed by atoms with E-state index in [1.54, 1.807) is 6.07 Å². The summed E-state index contributed by atoms with van der Waals surface area (Å²) in [6, 6.07) is 5.45. The minimum absolute atomic E-state index is 0.0294. The van der Waals surface area contributed by atoms with Gasteiger partial charge in [0, 0.05) is 12.0 Å². The van der Waals surface area contributed by atoms with Gasteiger partial charge in [-0.2, -0.15) is 0 Å². The molecule has 76 valence electrons. The standard InChI is InChI=1S/C11H13BrFN/c1-11(2)8(10(11)14)6-4-3-5-7(12)9(6)13/h3-5,8,10H,14H2,1-2H3. The van der Waals surface area contributed by atoms with E-state index in [0.717, 1.165) is 5.56 Å². The van der Waals surface area contributed by atoms with Crippen LogP contribution in [-0.4, -0.2) is 6.04 Å². The second-order valence-electron chi connectivity index (χ2n) is 4.47. The molecule has 2 N–H and O–H groups in total. The average Bonchev–Trinajstić information content (AvgIpc) is 2.59. The molecule has 1 saturated carbocycles. The van der Waals surface area contributed by atoms with Crippen molar-refractivity contribution >= 4 is 15.9 Å². The van der Waals surface area contributed by atoms with Gasteiger partial charge in [-0.15, -0.1) is 0 Å². The molecule has 3 heteroatoms. The Morgan fingerprint density at radius 3 is 2.50 bits per heavy atom. The Kier molecular flexibility index (Phi) is 2.20. The van der Waals surface area contributed by atoms with Crippen LogP contribution in [0, 0.1) is 11.2 Å². The smallest absolute Gasteiger partial charge is 0.140 e. The zero-order chi connectivity index (χ0) is 10.5. The number of rotatable bonds is 1. The van der Waals surface area contributed by atoms with E-state index < -0.39 is 0 Å². The fraction of sp³-hybridized carbons (Fsp3) is 0.455. The van der Waals surface area contributed by atoms with Crippen molar-refractivity contribution < 1.29 is 4.39 Å². The molecule has 0 heterocycles. The van der Waals surface area contributed by atoms with Crippen LogP contribution in [-0.2, 0) is 0 Å². The van der Waals surface area contributed by atoms with Crippen LogP contribution < -0.4 is 5.73 Å². The quantitative estimate of drug-likeness (QED) is 0.823. The van der Waals surface area contributed by atoms with Crippen LogP contribution >= 0.6 is 15.9 Å². The van der Waals surface area contributed by atoms with Gasteiger partial charge in [-0.05, 0) is 33.0 Å². The molecule has 0 aromatic heterocycles. The van der Waals surface area contributed by atoms with Gasteiger partial charge in [0.2, 0.25) is 0 Å². The molecule has 1 aromatic rings. The molecular formula is C11H13BrFN. The van der Waals surface area contributed by atoms with E-state index >= 15 is 0 Å². The maximum Gasteiger partial charge on any atom is 0.140 e. The van der Waals surface area contributed by atoms with Crippen molar-refractivity contribution in [1.82, 2.24) is 0 Å². The Labute approximate surface area is 91.6 Å². The summed E-state index contributed by atoms with van der Waals surface area (Å²) >= 11 is 3.18. The average molecular weight is 258 g/mol. The largest absolute Gasteiger partial charge is 0.327 e. The maximum atomic E-state index is 13.7. The highest BCUT2D eigenvalue weighted by Gasteiger charge is 2.57. The Hall–Kier alpha value is -0.410. The van der Waals surface area contributed by atoms with Crippen LogP contribution in [0.1, 0.15) is 25.3 Å². The van der Waals surface area contributed by atoms with Crippen molar-refractivity contribution in [2.75, 3.05) is 0 Å². The van der Waals surface area contributed by atoms with Gasteiger partial charge in [0.25, 0.3) is 0 Å². The molecule has 1 aromatic carbocycles. The first kappa shape index (κ1) is 10.1. The lowest BCUT2D eigenvalue weighted by atomic mass is 10.0.